The van der Waals surface area contributed by atoms with Gasteiger partial charge in [0.2, 0.25) is 10.0 Å². The van der Waals surface area contributed by atoms with E-state index in [2.05, 4.69) is 4.72 Å². The van der Waals surface area contributed by atoms with Gasteiger partial charge in [-0.1, -0.05) is 0 Å². The number of halogens is 1. The van der Waals surface area contributed by atoms with E-state index in [4.69, 9.17) is 16.7 Å². The molecule has 0 spiro atoms. The van der Waals surface area contributed by atoms with Gasteiger partial charge in [-0.25, -0.2) is 13.1 Å². The van der Waals surface area contributed by atoms with Gasteiger partial charge in [-0.05, 0) is 55.8 Å². The van der Waals surface area contributed by atoms with Gasteiger partial charge < -0.3 is 5.11 Å². The highest BCUT2D eigenvalue weighted by molar-refractivity contribution is 7.90. The molecule has 4 saturated carbocycles. The van der Waals surface area contributed by atoms with Crippen LogP contribution < -0.4 is 4.72 Å². The molecule has 0 aliphatic heterocycles. The maximum Gasteiger partial charge on any atom is 0.320 e. The van der Waals surface area contributed by atoms with E-state index in [1.807, 2.05) is 0 Å². The first-order valence-electron chi connectivity index (χ1n) is 7.07. The van der Waals surface area contributed by atoms with Gasteiger partial charge in [0.25, 0.3) is 0 Å². The third kappa shape index (κ3) is 2.83. The standard InChI is InChI=1S/C13H20ClNO4S/c14-13-4-9-1-10(5-13)3-12(2-9,7-13)8-15-20(18,19)6-11(16)17/h9-10,15H,1-8H2,(H,16,17). The normalized spacial score (nSPS) is 42.9. The molecule has 4 rings (SSSR count). The van der Waals surface area contributed by atoms with Gasteiger partial charge in [0.1, 0.15) is 0 Å². The molecule has 4 fully saturated rings. The number of hydrogen-bond acceptors (Lipinski definition) is 3. The number of rotatable bonds is 5. The highest BCUT2D eigenvalue weighted by Gasteiger charge is 2.57. The largest absolute Gasteiger partial charge is 0.480 e. The number of carboxylic acids is 1. The Morgan fingerprint density at radius 2 is 1.85 bits per heavy atom. The Labute approximate surface area is 124 Å². The van der Waals surface area contributed by atoms with Crippen molar-refractivity contribution in [3.8, 4) is 0 Å². The zero-order valence-electron chi connectivity index (χ0n) is 11.3. The van der Waals surface area contributed by atoms with E-state index in [0.29, 0.717) is 18.4 Å². The van der Waals surface area contributed by atoms with Crippen LogP contribution in [0.2, 0.25) is 0 Å². The molecule has 0 amide bonds. The highest BCUT2D eigenvalue weighted by Crippen LogP contribution is 2.63. The molecular formula is C13H20ClNO4S. The minimum absolute atomic E-state index is 0.0581. The number of aliphatic carboxylic acids is 1. The summed E-state index contributed by atoms with van der Waals surface area (Å²) in [6, 6.07) is 0. The molecule has 5 nitrogen and oxygen atoms in total. The van der Waals surface area contributed by atoms with Gasteiger partial charge in [-0.15, -0.1) is 11.6 Å². The lowest BCUT2D eigenvalue weighted by atomic mass is 9.49. The lowest BCUT2D eigenvalue weighted by molar-refractivity contribution is -0.134. The molecule has 4 aliphatic rings. The predicted octanol–water partition coefficient (Wildman–Crippen LogP) is 1.57. The average molecular weight is 322 g/mol. The van der Waals surface area contributed by atoms with Crippen molar-refractivity contribution >= 4 is 27.6 Å². The Bertz CT molecular complexity index is 518. The third-order valence-electron chi connectivity index (χ3n) is 5.09. The highest BCUT2D eigenvalue weighted by atomic mass is 35.5. The Kier molecular flexibility index (Phi) is 3.34. The molecule has 0 radical (unpaired) electrons. The second-order valence-electron chi connectivity index (χ2n) is 7.09. The van der Waals surface area contributed by atoms with Crippen LogP contribution in [0.25, 0.3) is 0 Å². The summed E-state index contributed by atoms with van der Waals surface area (Å²) in [7, 11) is -3.74. The molecule has 2 atom stereocenters. The molecule has 2 N–H and O–H groups in total. The molecule has 0 heterocycles. The average Bonchev–Trinajstić information content (AvgIpc) is 2.21. The molecule has 0 saturated heterocycles. The van der Waals surface area contributed by atoms with Crippen LogP contribution in [0.4, 0.5) is 0 Å². The summed E-state index contributed by atoms with van der Waals surface area (Å²) in [4.78, 5) is 10.4. The fourth-order valence-electron chi connectivity index (χ4n) is 5.02. The second-order valence-corrected chi connectivity index (χ2v) is 9.69. The van der Waals surface area contributed by atoms with Crippen LogP contribution in [-0.2, 0) is 14.8 Å². The Morgan fingerprint density at radius 1 is 1.25 bits per heavy atom. The second kappa shape index (κ2) is 4.58. The van der Waals surface area contributed by atoms with Crippen LogP contribution in [0.1, 0.15) is 38.5 Å². The van der Waals surface area contributed by atoms with Crippen molar-refractivity contribution in [2.75, 3.05) is 12.3 Å². The zero-order valence-corrected chi connectivity index (χ0v) is 12.8. The smallest absolute Gasteiger partial charge is 0.320 e. The molecule has 0 aromatic heterocycles. The number of hydrogen-bond donors (Lipinski definition) is 2. The Hall–Kier alpha value is -0.330. The summed E-state index contributed by atoms with van der Waals surface area (Å²) in [5, 5.41) is 8.61. The number of nitrogens with one attached hydrogen (secondary N) is 1. The third-order valence-corrected chi connectivity index (χ3v) is 6.74. The van der Waals surface area contributed by atoms with Crippen molar-refractivity contribution in [1.82, 2.24) is 4.72 Å². The van der Waals surface area contributed by atoms with Crippen LogP contribution in [-0.4, -0.2) is 36.7 Å². The minimum Gasteiger partial charge on any atom is -0.480 e. The molecule has 114 valence electrons. The summed E-state index contributed by atoms with van der Waals surface area (Å²) in [5.74, 6) is -0.964. The van der Waals surface area contributed by atoms with Gasteiger partial charge in [-0.2, -0.15) is 0 Å². The summed E-state index contributed by atoms with van der Waals surface area (Å²) < 4.78 is 25.9. The van der Waals surface area contributed by atoms with Crippen molar-refractivity contribution in [3.05, 3.63) is 0 Å². The fraction of sp³-hybridized carbons (Fsp3) is 0.923. The van der Waals surface area contributed by atoms with Gasteiger partial charge in [0, 0.05) is 11.4 Å². The van der Waals surface area contributed by atoms with Crippen molar-refractivity contribution in [1.29, 1.82) is 0 Å². The van der Waals surface area contributed by atoms with E-state index >= 15 is 0 Å². The lowest BCUT2D eigenvalue weighted by Crippen LogP contribution is -2.56. The van der Waals surface area contributed by atoms with Gasteiger partial charge >= 0.3 is 5.97 Å². The van der Waals surface area contributed by atoms with Crippen LogP contribution in [0, 0.1) is 17.3 Å². The molecule has 4 aliphatic carbocycles. The van der Waals surface area contributed by atoms with Crippen LogP contribution >= 0.6 is 11.6 Å². The molecule has 0 aromatic rings. The van der Waals surface area contributed by atoms with E-state index in [1.165, 1.54) is 6.42 Å². The summed E-state index contributed by atoms with van der Waals surface area (Å²) >= 11 is 6.68. The molecule has 2 unspecified atom stereocenters. The van der Waals surface area contributed by atoms with E-state index in [1.54, 1.807) is 0 Å². The van der Waals surface area contributed by atoms with Crippen LogP contribution in [0.5, 0.6) is 0 Å². The first-order chi connectivity index (χ1) is 9.19. The Morgan fingerprint density at radius 3 is 2.35 bits per heavy atom. The first-order valence-corrected chi connectivity index (χ1v) is 9.10. The van der Waals surface area contributed by atoms with Gasteiger partial charge in [0.15, 0.2) is 5.75 Å². The maximum absolute atomic E-state index is 11.7. The van der Waals surface area contributed by atoms with Crippen molar-refractivity contribution in [2.45, 2.75) is 43.4 Å². The monoisotopic (exact) mass is 321 g/mol. The van der Waals surface area contributed by atoms with E-state index in [-0.39, 0.29) is 10.3 Å². The maximum atomic E-state index is 11.7. The van der Waals surface area contributed by atoms with Crippen LogP contribution in [0.3, 0.4) is 0 Å². The number of alkyl halides is 1. The molecule has 4 bridgehead atoms. The first kappa shape index (κ1) is 14.6. The van der Waals surface area contributed by atoms with Crippen molar-refractivity contribution in [2.24, 2.45) is 17.3 Å². The van der Waals surface area contributed by atoms with Crippen LogP contribution in [0.15, 0.2) is 0 Å². The summed E-state index contributed by atoms with van der Waals surface area (Å²) in [6.45, 7) is 0.337. The summed E-state index contributed by atoms with van der Waals surface area (Å²) in [6.07, 6.45) is 6.22. The minimum atomic E-state index is -3.74. The quantitative estimate of drug-likeness (QED) is 0.753. The fourth-order valence-corrected chi connectivity index (χ4v) is 6.69. The van der Waals surface area contributed by atoms with Crippen molar-refractivity contribution in [3.63, 3.8) is 0 Å². The number of sulfonamides is 1. The predicted molar refractivity (Wildman–Crippen MR) is 75.1 cm³/mol. The molecule has 20 heavy (non-hydrogen) atoms. The number of carbonyl (C=O) groups is 1. The molecule has 0 aromatic carbocycles. The van der Waals surface area contributed by atoms with E-state index < -0.39 is 21.7 Å². The van der Waals surface area contributed by atoms with Crippen molar-refractivity contribution < 1.29 is 18.3 Å². The lowest BCUT2D eigenvalue weighted by Gasteiger charge is -2.60. The zero-order chi connectivity index (χ0) is 14.6. The topological polar surface area (TPSA) is 83.5 Å². The molecular weight excluding hydrogens is 302 g/mol. The van der Waals surface area contributed by atoms with E-state index in [9.17, 15) is 13.2 Å². The number of carboxylic acid groups (broad SMARTS) is 1. The van der Waals surface area contributed by atoms with E-state index in [0.717, 1.165) is 32.1 Å². The van der Waals surface area contributed by atoms with Gasteiger partial charge in [-0.3, -0.25) is 4.79 Å². The van der Waals surface area contributed by atoms with Gasteiger partial charge in [0.05, 0.1) is 0 Å². The molecule has 7 heteroatoms. The Balaban J connectivity index is 1.70. The SMILES string of the molecule is O=C(O)CS(=O)(=O)NCC12CC3CC(CC(Cl)(C3)C1)C2. The summed E-state index contributed by atoms with van der Waals surface area (Å²) in [5.41, 5.74) is -0.0581.